The normalized spacial score (nSPS) is 13.8. The predicted molar refractivity (Wildman–Crippen MR) is 98.2 cm³/mol. The maximum Gasteiger partial charge on any atom is 0.410 e. The molecule has 3 rings (SSSR count). The maximum absolute atomic E-state index is 12.6. The van der Waals surface area contributed by atoms with Crippen LogP contribution in [0.25, 0.3) is 0 Å². The number of amides is 1. The average Bonchev–Trinajstić information content (AvgIpc) is 3.47. The number of carbonyl (C=O) groups excluding carboxylic acids is 1. The van der Waals surface area contributed by atoms with Crippen LogP contribution >= 0.6 is 0 Å². The van der Waals surface area contributed by atoms with E-state index in [1.54, 1.807) is 6.92 Å². The Balaban J connectivity index is 2.04. The molecule has 0 unspecified atom stereocenters. The molecule has 9 nitrogen and oxygen atoms in total. The minimum absolute atomic E-state index is 0.000171. The molecule has 10 heteroatoms. The lowest BCUT2D eigenvalue weighted by Crippen LogP contribution is -2.13. The van der Waals surface area contributed by atoms with E-state index in [9.17, 15) is 18.0 Å². The SMILES string of the molecule is CCC(=O)c1cnc(NC(=O)O)cc1Nc1ncccc1S(=O)(=O)C1CC1. The monoisotopic (exact) mass is 390 g/mol. The van der Waals surface area contributed by atoms with Gasteiger partial charge >= 0.3 is 6.09 Å². The number of ketones is 1. The molecule has 0 aromatic carbocycles. The van der Waals surface area contributed by atoms with E-state index in [-0.39, 0.29) is 40.0 Å². The van der Waals surface area contributed by atoms with Crippen LogP contribution in [0.3, 0.4) is 0 Å². The van der Waals surface area contributed by atoms with Gasteiger partial charge in [-0.1, -0.05) is 6.92 Å². The van der Waals surface area contributed by atoms with E-state index in [2.05, 4.69) is 20.6 Å². The number of nitrogens with zero attached hydrogens (tertiary/aromatic N) is 2. The third-order valence-electron chi connectivity index (χ3n) is 4.05. The van der Waals surface area contributed by atoms with Crippen LogP contribution in [-0.2, 0) is 9.84 Å². The van der Waals surface area contributed by atoms with Crippen molar-refractivity contribution in [3.63, 3.8) is 0 Å². The Hall–Kier alpha value is -3.01. The van der Waals surface area contributed by atoms with Crippen molar-refractivity contribution in [3.8, 4) is 0 Å². The van der Waals surface area contributed by atoms with Gasteiger partial charge in [-0.15, -0.1) is 0 Å². The van der Waals surface area contributed by atoms with Crippen LogP contribution in [0.5, 0.6) is 0 Å². The number of Topliss-reactive ketones (excluding diaryl/α,β-unsaturated/α-hetero) is 1. The molecule has 0 spiro atoms. The Bertz CT molecular complexity index is 1000. The van der Waals surface area contributed by atoms with Gasteiger partial charge in [0.15, 0.2) is 15.6 Å². The van der Waals surface area contributed by atoms with Gasteiger partial charge in [-0.05, 0) is 25.0 Å². The molecule has 0 radical (unpaired) electrons. The minimum Gasteiger partial charge on any atom is -0.465 e. The van der Waals surface area contributed by atoms with Crippen LogP contribution in [0, 0.1) is 0 Å². The highest BCUT2D eigenvalue weighted by molar-refractivity contribution is 7.92. The molecule has 0 atom stereocenters. The van der Waals surface area contributed by atoms with Gasteiger partial charge in [0.1, 0.15) is 16.5 Å². The first-order chi connectivity index (χ1) is 12.8. The van der Waals surface area contributed by atoms with Crippen LogP contribution in [0.15, 0.2) is 35.5 Å². The van der Waals surface area contributed by atoms with Gasteiger partial charge in [0, 0.05) is 24.9 Å². The number of nitrogens with one attached hydrogen (secondary N) is 2. The fraction of sp³-hybridized carbons (Fsp3) is 0.294. The molecule has 0 aliphatic heterocycles. The second-order valence-corrected chi connectivity index (χ2v) is 8.24. The first kappa shape index (κ1) is 18.8. The standard InChI is InChI=1S/C17H18N4O5S/c1-2-13(22)11-9-19-15(21-17(23)24)8-12(11)20-16-14(4-3-7-18-16)27(25,26)10-5-6-10/h3-4,7-10H,2,5-6H2,1H3,(H,23,24)(H2,18,19,20,21). The lowest BCUT2D eigenvalue weighted by atomic mass is 10.1. The minimum atomic E-state index is -3.52. The second kappa shape index (κ2) is 7.31. The van der Waals surface area contributed by atoms with E-state index >= 15 is 0 Å². The van der Waals surface area contributed by atoms with Gasteiger partial charge in [-0.3, -0.25) is 10.1 Å². The number of hydrogen-bond donors (Lipinski definition) is 3. The largest absolute Gasteiger partial charge is 0.465 e. The Morgan fingerprint density at radius 3 is 2.67 bits per heavy atom. The number of carboxylic acid groups (broad SMARTS) is 1. The predicted octanol–water partition coefficient (Wildman–Crippen LogP) is 2.84. The van der Waals surface area contributed by atoms with E-state index in [0.29, 0.717) is 12.8 Å². The van der Waals surface area contributed by atoms with Crippen LogP contribution in [0.4, 0.5) is 22.1 Å². The van der Waals surface area contributed by atoms with Gasteiger partial charge in [0.25, 0.3) is 0 Å². The molecule has 2 heterocycles. The summed E-state index contributed by atoms with van der Waals surface area (Å²) in [6.45, 7) is 1.68. The van der Waals surface area contributed by atoms with Crippen molar-refractivity contribution in [1.29, 1.82) is 0 Å². The molecule has 27 heavy (non-hydrogen) atoms. The zero-order valence-electron chi connectivity index (χ0n) is 14.5. The third kappa shape index (κ3) is 4.05. The summed E-state index contributed by atoms with van der Waals surface area (Å²) in [6, 6.07) is 4.32. The summed E-state index contributed by atoms with van der Waals surface area (Å²) in [5.74, 6) is -0.142. The van der Waals surface area contributed by atoms with Crippen LogP contribution < -0.4 is 10.6 Å². The number of hydrogen-bond acceptors (Lipinski definition) is 7. The number of carbonyl (C=O) groups is 2. The summed E-state index contributed by atoms with van der Waals surface area (Å²) in [4.78, 5) is 31.1. The highest BCUT2D eigenvalue weighted by Crippen LogP contribution is 2.37. The molecule has 2 aromatic heterocycles. The Morgan fingerprint density at radius 2 is 2.04 bits per heavy atom. The summed E-state index contributed by atoms with van der Waals surface area (Å²) < 4.78 is 25.3. The van der Waals surface area contributed by atoms with Crippen molar-refractivity contribution < 1.29 is 23.1 Å². The van der Waals surface area contributed by atoms with Crippen LogP contribution in [0.1, 0.15) is 36.5 Å². The molecular formula is C17H18N4O5S. The fourth-order valence-corrected chi connectivity index (χ4v) is 4.31. The third-order valence-corrected chi connectivity index (χ3v) is 6.35. The van der Waals surface area contributed by atoms with Crippen LogP contribution in [0.2, 0.25) is 0 Å². The number of sulfone groups is 1. The number of rotatable bonds is 7. The van der Waals surface area contributed by atoms with Crippen molar-refractivity contribution >= 4 is 39.0 Å². The van der Waals surface area contributed by atoms with E-state index in [0.717, 1.165) is 0 Å². The zero-order chi connectivity index (χ0) is 19.6. The average molecular weight is 390 g/mol. The van der Waals surface area contributed by atoms with E-state index in [4.69, 9.17) is 5.11 Å². The smallest absolute Gasteiger partial charge is 0.410 e. The summed E-state index contributed by atoms with van der Waals surface area (Å²) in [5.41, 5.74) is 0.445. The topological polar surface area (TPSA) is 138 Å². The van der Waals surface area contributed by atoms with Crippen molar-refractivity contribution in [2.75, 3.05) is 10.6 Å². The summed E-state index contributed by atoms with van der Waals surface area (Å²) in [6.07, 6.45) is 2.80. The Morgan fingerprint density at radius 1 is 1.30 bits per heavy atom. The molecule has 0 bridgehead atoms. The van der Waals surface area contributed by atoms with Crippen LogP contribution in [-0.4, -0.2) is 40.6 Å². The molecule has 1 saturated carbocycles. The van der Waals surface area contributed by atoms with Gasteiger partial charge < -0.3 is 10.4 Å². The maximum atomic E-state index is 12.6. The van der Waals surface area contributed by atoms with Gasteiger partial charge in [-0.25, -0.2) is 23.2 Å². The molecule has 2 aromatic rings. The fourth-order valence-electron chi connectivity index (χ4n) is 2.55. The quantitative estimate of drug-likeness (QED) is 0.613. The summed E-state index contributed by atoms with van der Waals surface area (Å²) in [7, 11) is -3.52. The molecule has 1 aliphatic rings. The molecule has 0 saturated heterocycles. The first-order valence-corrected chi connectivity index (χ1v) is 9.86. The number of aromatic nitrogens is 2. The van der Waals surface area contributed by atoms with Gasteiger partial charge in [0.2, 0.25) is 0 Å². The molecule has 1 aliphatic carbocycles. The number of pyridine rings is 2. The molecular weight excluding hydrogens is 372 g/mol. The first-order valence-electron chi connectivity index (χ1n) is 8.32. The summed E-state index contributed by atoms with van der Waals surface area (Å²) >= 11 is 0. The second-order valence-electron chi connectivity index (χ2n) is 6.04. The molecule has 1 amide bonds. The van der Waals surface area contributed by atoms with Gasteiger partial charge in [0.05, 0.1) is 16.5 Å². The Kier molecular flexibility index (Phi) is 5.08. The summed E-state index contributed by atoms with van der Waals surface area (Å²) in [5, 5.41) is 13.4. The van der Waals surface area contributed by atoms with E-state index < -0.39 is 21.2 Å². The number of anilines is 3. The molecule has 3 N–H and O–H groups in total. The zero-order valence-corrected chi connectivity index (χ0v) is 15.3. The van der Waals surface area contributed by atoms with Gasteiger partial charge in [-0.2, -0.15) is 0 Å². The van der Waals surface area contributed by atoms with E-state index in [1.165, 1.54) is 30.6 Å². The Labute approximate surface area is 155 Å². The lowest BCUT2D eigenvalue weighted by Gasteiger charge is -2.14. The van der Waals surface area contributed by atoms with Crippen molar-refractivity contribution in [1.82, 2.24) is 9.97 Å². The van der Waals surface area contributed by atoms with E-state index in [1.807, 2.05) is 0 Å². The van der Waals surface area contributed by atoms with Crippen molar-refractivity contribution in [3.05, 3.63) is 36.2 Å². The van der Waals surface area contributed by atoms with Crippen molar-refractivity contribution in [2.45, 2.75) is 36.3 Å². The molecule has 1 fully saturated rings. The lowest BCUT2D eigenvalue weighted by molar-refractivity contribution is 0.0988. The van der Waals surface area contributed by atoms with Crippen molar-refractivity contribution in [2.24, 2.45) is 0 Å². The highest BCUT2D eigenvalue weighted by Gasteiger charge is 2.38. The highest BCUT2D eigenvalue weighted by atomic mass is 32.2. The molecule has 142 valence electrons.